The van der Waals surface area contributed by atoms with E-state index in [4.69, 9.17) is 14.7 Å². The summed E-state index contributed by atoms with van der Waals surface area (Å²) in [7, 11) is 1.56. The molecule has 0 radical (unpaired) electrons. The highest BCUT2D eigenvalue weighted by atomic mass is 16.5. The van der Waals surface area contributed by atoms with E-state index < -0.39 is 5.92 Å². The highest BCUT2D eigenvalue weighted by Gasteiger charge is 2.34. The molecule has 32 heavy (non-hydrogen) atoms. The van der Waals surface area contributed by atoms with E-state index in [0.717, 1.165) is 5.56 Å². The molecule has 0 bridgehead atoms. The lowest BCUT2D eigenvalue weighted by atomic mass is 9.93. The first-order chi connectivity index (χ1) is 15.7. The zero-order valence-corrected chi connectivity index (χ0v) is 17.1. The van der Waals surface area contributed by atoms with Gasteiger partial charge in [-0.15, -0.1) is 0 Å². The van der Waals surface area contributed by atoms with E-state index in [0.29, 0.717) is 52.5 Å². The number of nitriles is 1. The third-order valence-electron chi connectivity index (χ3n) is 5.40. The van der Waals surface area contributed by atoms with E-state index in [2.05, 4.69) is 26.3 Å². The van der Waals surface area contributed by atoms with E-state index >= 15 is 0 Å². The van der Waals surface area contributed by atoms with Crippen LogP contribution in [0.25, 0.3) is 10.9 Å². The third-order valence-corrected chi connectivity index (χ3v) is 5.40. The van der Waals surface area contributed by atoms with E-state index in [-0.39, 0.29) is 5.91 Å². The Hall–Kier alpha value is -4.45. The van der Waals surface area contributed by atoms with Gasteiger partial charge in [0.05, 0.1) is 42.8 Å². The molecule has 1 atom stereocenters. The highest BCUT2D eigenvalue weighted by Crippen LogP contribution is 2.41. The Morgan fingerprint density at radius 2 is 2.12 bits per heavy atom. The predicted molar refractivity (Wildman–Crippen MR) is 115 cm³/mol. The topological polar surface area (TPSA) is 115 Å². The molecule has 1 aliphatic heterocycles. The summed E-state index contributed by atoms with van der Waals surface area (Å²) in [6.07, 6.45) is 6.75. The number of fused-ring (bicyclic) bond motifs is 2. The van der Waals surface area contributed by atoms with Gasteiger partial charge < -0.3 is 19.4 Å². The molecular weight excluding hydrogens is 408 g/mol. The smallest absolute Gasteiger partial charge is 0.238 e. The molecule has 0 aliphatic carbocycles. The van der Waals surface area contributed by atoms with Crippen molar-refractivity contribution in [3.63, 3.8) is 0 Å². The Balaban J connectivity index is 1.51. The number of ether oxygens (including phenoxy) is 2. The van der Waals surface area contributed by atoms with Crippen molar-refractivity contribution in [1.29, 1.82) is 5.26 Å². The molecule has 5 rings (SSSR count). The number of nitrogens with one attached hydrogen (secondary N) is 1. The van der Waals surface area contributed by atoms with Crippen molar-refractivity contribution in [3.8, 4) is 17.6 Å². The summed E-state index contributed by atoms with van der Waals surface area (Å²) >= 11 is 0. The number of amides is 1. The monoisotopic (exact) mass is 426 g/mol. The Kier molecular flexibility index (Phi) is 4.88. The highest BCUT2D eigenvalue weighted by molar-refractivity contribution is 6.07. The average Bonchev–Trinajstić information content (AvgIpc) is 3.44. The van der Waals surface area contributed by atoms with Crippen LogP contribution in [-0.2, 0) is 11.3 Å². The zero-order valence-electron chi connectivity index (χ0n) is 17.1. The lowest BCUT2D eigenvalue weighted by Gasteiger charge is -2.15. The summed E-state index contributed by atoms with van der Waals surface area (Å²) < 4.78 is 13.4. The molecule has 1 unspecified atom stereocenters. The van der Waals surface area contributed by atoms with E-state index in [1.807, 2.05) is 10.8 Å². The number of anilines is 1. The summed E-state index contributed by atoms with van der Waals surface area (Å²) in [5.74, 6) is 0.271. The Morgan fingerprint density at radius 3 is 2.91 bits per heavy atom. The molecule has 9 nitrogen and oxygen atoms in total. The molecule has 0 fully saturated rings. The van der Waals surface area contributed by atoms with Gasteiger partial charge in [-0.2, -0.15) is 5.26 Å². The lowest BCUT2D eigenvalue weighted by molar-refractivity contribution is -0.116. The molecule has 1 N–H and O–H groups in total. The van der Waals surface area contributed by atoms with Crippen molar-refractivity contribution in [2.75, 3.05) is 19.0 Å². The number of methoxy groups -OCH3 is 1. The minimum Gasteiger partial charge on any atom is -0.493 e. The van der Waals surface area contributed by atoms with Crippen LogP contribution in [0.5, 0.6) is 11.5 Å². The molecule has 9 heteroatoms. The zero-order chi connectivity index (χ0) is 22.1. The summed E-state index contributed by atoms with van der Waals surface area (Å²) in [5.41, 5.74) is 3.09. The van der Waals surface area contributed by atoms with Crippen molar-refractivity contribution in [3.05, 3.63) is 72.2 Å². The van der Waals surface area contributed by atoms with E-state index in [1.165, 1.54) is 6.33 Å². The quantitative estimate of drug-likeness (QED) is 0.504. The van der Waals surface area contributed by atoms with Gasteiger partial charge in [-0.3, -0.25) is 4.79 Å². The Labute approximate surface area is 183 Å². The lowest BCUT2D eigenvalue weighted by Crippen LogP contribution is -2.15. The molecule has 2 aromatic carbocycles. The summed E-state index contributed by atoms with van der Waals surface area (Å²) in [4.78, 5) is 25.7. The van der Waals surface area contributed by atoms with Gasteiger partial charge in [0.2, 0.25) is 5.91 Å². The second kappa shape index (κ2) is 8.00. The maximum Gasteiger partial charge on any atom is 0.238 e. The van der Waals surface area contributed by atoms with Crippen LogP contribution in [0.15, 0.2) is 55.4 Å². The Bertz CT molecular complexity index is 1360. The van der Waals surface area contributed by atoms with Crippen LogP contribution in [0.4, 0.5) is 5.69 Å². The van der Waals surface area contributed by atoms with Gasteiger partial charge in [-0.25, -0.2) is 15.0 Å². The van der Waals surface area contributed by atoms with Crippen molar-refractivity contribution in [2.24, 2.45) is 0 Å². The number of benzene rings is 2. The number of hydrogen-bond acceptors (Lipinski definition) is 7. The summed E-state index contributed by atoms with van der Waals surface area (Å²) in [6.45, 7) is 1.07. The Morgan fingerprint density at radius 1 is 1.22 bits per heavy atom. The van der Waals surface area contributed by atoms with Crippen LogP contribution in [-0.4, -0.2) is 39.1 Å². The van der Waals surface area contributed by atoms with Gasteiger partial charge in [0.15, 0.2) is 11.5 Å². The number of nitrogens with zero attached hydrogens (tertiary/aromatic N) is 5. The molecule has 0 saturated heterocycles. The molecule has 158 valence electrons. The number of rotatable bonds is 6. The van der Waals surface area contributed by atoms with Crippen LogP contribution in [0.3, 0.4) is 0 Å². The first-order valence-electron chi connectivity index (χ1n) is 9.94. The minimum absolute atomic E-state index is 0.199. The molecule has 0 spiro atoms. The van der Waals surface area contributed by atoms with Gasteiger partial charge in [-0.05, 0) is 23.8 Å². The normalized spacial score (nSPS) is 14.6. The van der Waals surface area contributed by atoms with Gasteiger partial charge in [-0.1, -0.05) is 6.07 Å². The molecule has 2 aromatic heterocycles. The van der Waals surface area contributed by atoms with E-state index in [1.54, 1.807) is 50.0 Å². The first kappa shape index (κ1) is 19.5. The van der Waals surface area contributed by atoms with Crippen LogP contribution >= 0.6 is 0 Å². The number of imidazole rings is 1. The largest absolute Gasteiger partial charge is 0.493 e. The SMILES string of the molecule is COc1cc2c(C3C(=O)Nc4cc(C#N)ccc43)ncnc2cc1OCCn1ccnc1. The van der Waals surface area contributed by atoms with Gasteiger partial charge >= 0.3 is 0 Å². The third kappa shape index (κ3) is 3.37. The van der Waals surface area contributed by atoms with Crippen molar-refractivity contribution in [1.82, 2.24) is 19.5 Å². The van der Waals surface area contributed by atoms with Crippen LogP contribution in [0.2, 0.25) is 0 Å². The maximum absolute atomic E-state index is 12.8. The predicted octanol–water partition coefficient (Wildman–Crippen LogP) is 2.87. The van der Waals surface area contributed by atoms with Crippen LogP contribution in [0.1, 0.15) is 22.7 Å². The van der Waals surface area contributed by atoms with Crippen LogP contribution < -0.4 is 14.8 Å². The fourth-order valence-corrected chi connectivity index (χ4v) is 3.87. The second-order valence-corrected chi connectivity index (χ2v) is 7.26. The van der Waals surface area contributed by atoms with Crippen molar-refractivity contribution < 1.29 is 14.3 Å². The summed E-state index contributed by atoms with van der Waals surface area (Å²) in [5, 5.41) is 12.7. The van der Waals surface area contributed by atoms with Gasteiger partial charge in [0.1, 0.15) is 18.9 Å². The van der Waals surface area contributed by atoms with E-state index in [9.17, 15) is 4.79 Å². The average molecular weight is 426 g/mol. The van der Waals surface area contributed by atoms with Gasteiger partial charge in [0.25, 0.3) is 0 Å². The first-order valence-corrected chi connectivity index (χ1v) is 9.94. The van der Waals surface area contributed by atoms with Crippen molar-refractivity contribution >= 4 is 22.5 Å². The number of carbonyl (C=O) groups excluding carboxylic acids is 1. The van der Waals surface area contributed by atoms with Gasteiger partial charge in [0, 0.05) is 29.5 Å². The molecule has 0 saturated carbocycles. The number of aromatic nitrogens is 4. The molecule has 1 aliphatic rings. The number of carbonyl (C=O) groups is 1. The fraction of sp³-hybridized carbons (Fsp3) is 0.174. The molecule has 3 heterocycles. The summed E-state index contributed by atoms with van der Waals surface area (Å²) in [6, 6.07) is 10.8. The second-order valence-electron chi connectivity index (χ2n) is 7.26. The number of hydrogen-bond donors (Lipinski definition) is 1. The minimum atomic E-state index is -0.610. The standard InChI is InChI=1S/C23H18N6O3/c1-31-19-9-16-17(10-20(19)32-7-6-29-5-4-25-13-29)26-12-27-22(16)21-15-3-2-14(11-24)8-18(15)28-23(21)30/h2-5,8-10,12-13,21H,6-7H2,1H3,(H,28,30). The molecule has 1 amide bonds. The van der Waals surface area contributed by atoms with Crippen LogP contribution in [0, 0.1) is 11.3 Å². The fourth-order valence-electron chi connectivity index (χ4n) is 3.87. The maximum atomic E-state index is 12.8. The molecular formula is C23H18N6O3. The molecule has 4 aromatic rings. The van der Waals surface area contributed by atoms with Crippen molar-refractivity contribution in [2.45, 2.75) is 12.5 Å².